The number of hydrogen-bond acceptors (Lipinski definition) is 2. The summed E-state index contributed by atoms with van der Waals surface area (Å²) in [4.78, 5) is 25.9. The lowest BCUT2D eigenvalue weighted by Gasteiger charge is -2.29. The third-order valence-corrected chi connectivity index (χ3v) is 4.34. The van der Waals surface area contributed by atoms with E-state index in [0.717, 1.165) is 24.9 Å². The van der Waals surface area contributed by atoms with E-state index in [-0.39, 0.29) is 17.9 Å². The molecule has 1 aromatic carbocycles. The Labute approximate surface area is 113 Å². The Balaban J connectivity index is 1.82. The number of para-hydroxylation sites is 1. The number of amides is 1. The summed E-state index contributed by atoms with van der Waals surface area (Å²) in [5, 5.41) is 0. The van der Waals surface area contributed by atoms with Crippen molar-refractivity contribution in [2.75, 3.05) is 4.90 Å². The van der Waals surface area contributed by atoms with Gasteiger partial charge in [-0.3, -0.25) is 9.59 Å². The van der Waals surface area contributed by atoms with Crippen molar-refractivity contribution < 1.29 is 9.59 Å². The Bertz CT molecular complexity index is 513. The summed E-state index contributed by atoms with van der Waals surface area (Å²) in [6.07, 6.45) is 3.53. The van der Waals surface area contributed by atoms with Gasteiger partial charge in [0.15, 0.2) is 0 Å². The number of fused-ring (bicyclic) bond motifs is 1. The predicted molar refractivity (Wildman–Crippen MR) is 74.1 cm³/mol. The van der Waals surface area contributed by atoms with E-state index < -0.39 is 0 Å². The van der Waals surface area contributed by atoms with Crippen molar-refractivity contribution in [2.45, 2.75) is 45.1 Å². The van der Waals surface area contributed by atoms with Crippen molar-refractivity contribution in [1.82, 2.24) is 0 Å². The van der Waals surface area contributed by atoms with E-state index in [2.05, 4.69) is 13.0 Å². The molecule has 1 atom stereocenters. The van der Waals surface area contributed by atoms with Crippen LogP contribution in [0.25, 0.3) is 0 Å². The van der Waals surface area contributed by atoms with Crippen molar-refractivity contribution in [1.29, 1.82) is 0 Å². The molecule has 0 saturated heterocycles. The van der Waals surface area contributed by atoms with Crippen LogP contribution < -0.4 is 4.90 Å². The molecule has 0 unspecified atom stereocenters. The van der Waals surface area contributed by atoms with Crippen LogP contribution in [0.15, 0.2) is 24.3 Å². The highest BCUT2D eigenvalue weighted by Gasteiger charge is 2.35. The second kappa shape index (κ2) is 4.80. The smallest absolute Gasteiger partial charge is 0.230 e. The minimum atomic E-state index is 0.0336. The van der Waals surface area contributed by atoms with Gasteiger partial charge in [-0.25, -0.2) is 0 Å². The fourth-order valence-electron chi connectivity index (χ4n) is 3.28. The molecule has 1 aliphatic carbocycles. The molecule has 0 spiro atoms. The van der Waals surface area contributed by atoms with E-state index in [9.17, 15) is 9.59 Å². The Hall–Kier alpha value is -1.64. The molecule has 3 rings (SSSR count). The van der Waals surface area contributed by atoms with Crippen molar-refractivity contribution in [3.05, 3.63) is 29.8 Å². The van der Waals surface area contributed by atoms with Gasteiger partial charge in [-0.15, -0.1) is 0 Å². The fourth-order valence-corrected chi connectivity index (χ4v) is 3.28. The van der Waals surface area contributed by atoms with E-state index in [0.29, 0.717) is 18.6 Å². The molecule has 3 heteroatoms. The van der Waals surface area contributed by atoms with Crippen LogP contribution >= 0.6 is 0 Å². The second-order valence-corrected chi connectivity index (χ2v) is 5.70. The molecule has 0 N–H and O–H groups in total. The van der Waals surface area contributed by atoms with E-state index in [1.165, 1.54) is 5.56 Å². The summed E-state index contributed by atoms with van der Waals surface area (Å²) in [6, 6.07) is 8.39. The van der Waals surface area contributed by atoms with Crippen LogP contribution in [0, 0.1) is 5.92 Å². The van der Waals surface area contributed by atoms with Crippen LogP contribution in [0.4, 0.5) is 5.69 Å². The van der Waals surface area contributed by atoms with Gasteiger partial charge in [-0.2, -0.15) is 0 Å². The first-order valence-corrected chi connectivity index (χ1v) is 7.09. The van der Waals surface area contributed by atoms with Gasteiger partial charge in [0.1, 0.15) is 5.78 Å². The lowest BCUT2D eigenvalue weighted by molar-refractivity contribution is -0.126. The summed E-state index contributed by atoms with van der Waals surface area (Å²) in [5.74, 6) is 0.551. The summed E-state index contributed by atoms with van der Waals surface area (Å²) in [6.45, 7) is 2.10. The molecular formula is C16H19NO2. The molecule has 1 heterocycles. The summed E-state index contributed by atoms with van der Waals surface area (Å²) >= 11 is 0. The number of anilines is 1. The maximum absolute atomic E-state index is 12.7. The maximum Gasteiger partial charge on any atom is 0.230 e. The van der Waals surface area contributed by atoms with E-state index in [4.69, 9.17) is 0 Å². The molecule has 1 aromatic rings. The van der Waals surface area contributed by atoms with Crippen LogP contribution in [0.5, 0.6) is 0 Å². The third kappa shape index (κ3) is 2.18. The lowest BCUT2D eigenvalue weighted by atomic mass is 9.87. The zero-order valence-electron chi connectivity index (χ0n) is 11.3. The molecule has 19 heavy (non-hydrogen) atoms. The SMILES string of the molecule is C[C@@H]1Cc2ccccc2N1C(=O)C1CCC(=O)CC1. The van der Waals surface area contributed by atoms with Crippen molar-refractivity contribution in [3.63, 3.8) is 0 Å². The second-order valence-electron chi connectivity index (χ2n) is 5.70. The van der Waals surface area contributed by atoms with Gasteiger partial charge in [0.25, 0.3) is 0 Å². The maximum atomic E-state index is 12.7. The number of rotatable bonds is 1. The molecule has 1 saturated carbocycles. The quantitative estimate of drug-likeness (QED) is 0.775. The molecule has 0 radical (unpaired) electrons. The van der Waals surface area contributed by atoms with Gasteiger partial charge in [0, 0.05) is 30.5 Å². The predicted octanol–water partition coefficient (Wildman–Crippen LogP) is 2.72. The minimum Gasteiger partial charge on any atom is -0.309 e. The van der Waals surface area contributed by atoms with Gasteiger partial charge >= 0.3 is 0 Å². The monoisotopic (exact) mass is 257 g/mol. The summed E-state index contributed by atoms with van der Waals surface area (Å²) < 4.78 is 0. The first-order valence-electron chi connectivity index (χ1n) is 7.09. The fraction of sp³-hybridized carbons (Fsp3) is 0.500. The molecular weight excluding hydrogens is 238 g/mol. The van der Waals surface area contributed by atoms with E-state index in [1.807, 2.05) is 23.1 Å². The van der Waals surface area contributed by atoms with Crippen LogP contribution in [0.1, 0.15) is 38.2 Å². The average molecular weight is 257 g/mol. The van der Waals surface area contributed by atoms with Crippen molar-refractivity contribution in [3.8, 4) is 0 Å². The number of ketones is 1. The van der Waals surface area contributed by atoms with Gasteiger partial charge in [0.05, 0.1) is 0 Å². The first-order chi connectivity index (χ1) is 9.16. The van der Waals surface area contributed by atoms with Gasteiger partial charge in [-0.1, -0.05) is 18.2 Å². The number of carbonyl (C=O) groups is 2. The van der Waals surface area contributed by atoms with Crippen LogP contribution in [0.3, 0.4) is 0 Å². The van der Waals surface area contributed by atoms with Crippen LogP contribution in [-0.4, -0.2) is 17.7 Å². The molecule has 1 fully saturated rings. The van der Waals surface area contributed by atoms with Crippen molar-refractivity contribution in [2.24, 2.45) is 5.92 Å². The molecule has 1 aliphatic heterocycles. The first kappa shape index (κ1) is 12.4. The Morgan fingerprint density at radius 1 is 1.21 bits per heavy atom. The average Bonchev–Trinajstić information content (AvgIpc) is 2.74. The summed E-state index contributed by atoms with van der Waals surface area (Å²) in [5.41, 5.74) is 2.33. The molecule has 1 amide bonds. The number of nitrogens with zero attached hydrogens (tertiary/aromatic N) is 1. The van der Waals surface area contributed by atoms with E-state index >= 15 is 0 Å². The zero-order valence-corrected chi connectivity index (χ0v) is 11.3. The third-order valence-electron chi connectivity index (χ3n) is 4.34. The highest BCUT2D eigenvalue weighted by Crippen LogP contribution is 2.35. The van der Waals surface area contributed by atoms with Gasteiger partial charge in [0.2, 0.25) is 5.91 Å². The molecule has 3 nitrogen and oxygen atoms in total. The van der Waals surface area contributed by atoms with Crippen LogP contribution in [0.2, 0.25) is 0 Å². The largest absolute Gasteiger partial charge is 0.309 e. The molecule has 2 aliphatic rings. The molecule has 0 bridgehead atoms. The van der Waals surface area contributed by atoms with Gasteiger partial charge < -0.3 is 4.90 Å². The number of benzene rings is 1. The minimum absolute atomic E-state index is 0.0336. The molecule has 100 valence electrons. The highest BCUT2D eigenvalue weighted by molar-refractivity contribution is 5.98. The number of hydrogen-bond donors (Lipinski definition) is 0. The Morgan fingerprint density at radius 3 is 2.63 bits per heavy atom. The Kier molecular flexibility index (Phi) is 3.13. The lowest BCUT2D eigenvalue weighted by Crippen LogP contribution is -2.41. The van der Waals surface area contributed by atoms with Crippen molar-refractivity contribution >= 4 is 17.4 Å². The Morgan fingerprint density at radius 2 is 1.89 bits per heavy atom. The zero-order chi connectivity index (χ0) is 13.4. The number of carbonyl (C=O) groups excluding carboxylic acids is 2. The summed E-state index contributed by atoms with van der Waals surface area (Å²) in [7, 11) is 0. The van der Waals surface area contributed by atoms with E-state index in [1.54, 1.807) is 0 Å². The van der Waals surface area contributed by atoms with Gasteiger partial charge in [-0.05, 0) is 37.8 Å². The normalized spacial score (nSPS) is 23.5. The molecule has 0 aromatic heterocycles. The topological polar surface area (TPSA) is 37.4 Å². The number of Topliss-reactive ketones (excluding diaryl/α,β-unsaturated/α-hetero) is 1. The highest BCUT2D eigenvalue weighted by atomic mass is 16.2. The van der Waals surface area contributed by atoms with Crippen LogP contribution in [-0.2, 0) is 16.0 Å². The standard InChI is InChI=1S/C16H19NO2/c1-11-10-13-4-2-3-5-15(13)17(11)16(19)12-6-8-14(18)9-7-12/h2-5,11-12H,6-10H2,1H3/t11-/m1/s1.